The van der Waals surface area contributed by atoms with Crippen LogP contribution >= 0.6 is 11.8 Å². The molecular formula is C14H15N3OS. The van der Waals surface area contributed by atoms with Crippen molar-refractivity contribution in [3.05, 3.63) is 42.2 Å². The Bertz CT molecular complexity index is 574. The molecule has 0 radical (unpaired) electrons. The van der Waals surface area contributed by atoms with Gasteiger partial charge in [0.15, 0.2) is 5.16 Å². The lowest BCUT2D eigenvalue weighted by Gasteiger charge is -2.09. The summed E-state index contributed by atoms with van der Waals surface area (Å²) in [6.45, 7) is 0.828. The van der Waals surface area contributed by atoms with Crippen molar-refractivity contribution in [3.8, 4) is 11.8 Å². The van der Waals surface area contributed by atoms with E-state index in [0.29, 0.717) is 5.75 Å². The van der Waals surface area contributed by atoms with Gasteiger partial charge < -0.3 is 9.30 Å². The number of hydrogen-bond acceptors (Lipinski definition) is 4. The maximum Gasteiger partial charge on any atom is 0.168 e. The largest absolute Gasteiger partial charge is 0.496 e. The number of rotatable bonds is 6. The SMILES string of the molecule is COc1ccccc1CCn1ccnc1SCC#N. The minimum Gasteiger partial charge on any atom is -0.496 e. The summed E-state index contributed by atoms with van der Waals surface area (Å²) < 4.78 is 7.40. The summed E-state index contributed by atoms with van der Waals surface area (Å²) in [4.78, 5) is 4.25. The zero-order chi connectivity index (χ0) is 13.5. The van der Waals surface area contributed by atoms with Gasteiger partial charge in [0, 0.05) is 18.9 Å². The molecule has 1 aromatic carbocycles. The normalized spacial score (nSPS) is 10.1. The van der Waals surface area contributed by atoms with Crippen molar-refractivity contribution < 1.29 is 4.74 Å². The summed E-state index contributed by atoms with van der Waals surface area (Å²) >= 11 is 1.46. The van der Waals surface area contributed by atoms with Gasteiger partial charge in [-0.3, -0.25) is 0 Å². The number of ether oxygens (including phenoxy) is 1. The minimum atomic E-state index is 0.422. The van der Waals surface area contributed by atoms with Crippen LogP contribution in [0, 0.1) is 11.3 Å². The number of para-hydroxylation sites is 1. The van der Waals surface area contributed by atoms with E-state index < -0.39 is 0 Å². The third-order valence-electron chi connectivity index (χ3n) is 2.76. The van der Waals surface area contributed by atoms with Crippen molar-refractivity contribution in [1.29, 1.82) is 5.26 Å². The summed E-state index contributed by atoms with van der Waals surface area (Å²) in [5.74, 6) is 1.33. The number of imidazole rings is 1. The molecule has 1 aromatic heterocycles. The first-order valence-corrected chi connectivity index (χ1v) is 6.96. The van der Waals surface area contributed by atoms with Gasteiger partial charge in [-0.1, -0.05) is 30.0 Å². The molecule has 0 fully saturated rings. The highest BCUT2D eigenvalue weighted by Gasteiger charge is 2.05. The van der Waals surface area contributed by atoms with E-state index in [4.69, 9.17) is 10.00 Å². The zero-order valence-corrected chi connectivity index (χ0v) is 11.6. The van der Waals surface area contributed by atoms with E-state index in [0.717, 1.165) is 23.9 Å². The molecule has 1 heterocycles. The van der Waals surface area contributed by atoms with Crippen LogP contribution in [0.3, 0.4) is 0 Å². The van der Waals surface area contributed by atoms with Crippen LogP contribution in [0.2, 0.25) is 0 Å². The zero-order valence-electron chi connectivity index (χ0n) is 10.7. The van der Waals surface area contributed by atoms with Crippen molar-refractivity contribution in [2.45, 2.75) is 18.1 Å². The van der Waals surface area contributed by atoms with Gasteiger partial charge in [0.2, 0.25) is 0 Å². The second kappa shape index (κ2) is 6.86. The molecule has 0 unspecified atom stereocenters. The first-order chi connectivity index (χ1) is 9.35. The molecule has 2 aromatic rings. The maximum atomic E-state index is 8.61. The Balaban J connectivity index is 2.02. The average Bonchev–Trinajstić information content (AvgIpc) is 2.90. The van der Waals surface area contributed by atoms with Crippen molar-refractivity contribution in [2.24, 2.45) is 0 Å². The average molecular weight is 273 g/mol. The Morgan fingerprint density at radius 2 is 2.26 bits per heavy atom. The summed E-state index contributed by atoms with van der Waals surface area (Å²) in [5.41, 5.74) is 1.18. The molecule has 0 saturated carbocycles. The molecule has 0 spiro atoms. The number of aromatic nitrogens is 2. The van der Waals surface area contributed by atoms with Gasteiger partial charge >= 0.3 is 0 Å². The molecule has 2 rings (SSSR count). The standard InChI is InChI=1S/C14H15N3OS/c1-18-13-5-3-2-4-12(13)6-9-17-10-8-16-14(17)19-11-7-15/h2-5,8,10H,6,9,11H2,1H3. The number of hydrogen-bond donors (Lipinski definition) is 0. The van der Waals surface area contributed by atoms with Crippen LogP contribution in [0.25, 0.3) is 0 Å². The van der Waals surface area contributed by atoms with Gasteiger partial charge in [-0.25, -0.2) is 4.98 Å². The molecule has 0 amide bonds. The van der Waals surface area contributed by atoms with Gasteiger partial charge in [-0.05, 0) is 18.1 Å². The summed E-state index contributed by atoms with van der Waals surface area (Å²) in [5, 5.41) is 9.49. The molecule has 98 valence electrons. The molecule has 0 bridgehead atoms. The predicted octanol–water partition coefficient (Wildman–Crippen LogP) is 2.75. The van der Waals surface area contributed by atoms with E-state index in [9.17, 15) is 0 Å². The first kappa shape index (κ1) is 13.5. The Morgan fingerprint density at radius 3 is 3.05 bits per heavy atom. The van der Waals surface area contributed by atoms with Crippen molar-refractivity contribution in [1.82, 2.24) is 9.55 Å². The molecule has 0 N–H and O–H groups in total. The molecule has 5 heteroatoms. The van der Waals surface area contributed by atoms with Crippen molar-refractivity contribution >= 4 is 11.8 Å². The number of nitriles is 1. The summed E-state index contributed by atoms with van der Waals surface area (Å²) in [6.07, 6.45) is 4.58. The van der Waals surface area contributed by atoms with E-state index in [2.05, 4.69) is 21.7 Å². The monoisotopic (exact) mass is 273 g/mol. The Hall–Kier alpha value is -1.93. The van der Waals surface area contributed by atoms with Crippen LogP contribution < -0.4 is 4.74 Å². The number of nitrogens with zero attached hydrogens (tertiary/aromatic N) is 3. The van der Waals surface area contributed by atoms with Gasteiger partial charge in [0.05, 0.1) is 18.9 Å². The minimum absolute atomic E-state index is 0.422. The highest BCUT2D eigenvalue weighted by atomic mass is 32.2. The smallest absolute Gasteiger partial charge is 0.168 e. The topological polar surface area (TPSA) is 50.8 Å². The number of methoxy groups -OCH3 is 1. The maximum absolute atomic E-state index is 8.61. The van der Waals surface area contributed by atoms with E-state index in [1.54, 1.807) is 13.3 Å². The van der Waals surface area contributed by atoms with E-state index >= 15 is 0 Å². The van der Waals surface area contributed by atoms with Crippen LogP contribution in [0.15, 0.2) is 41.8 Å². The molecule has 4 nitrogen and oxygen atoms in total. The third kappa shape index (κ3) is 3.52. The molecule has 0 aliphatic heterocycles. The second-order valence-corrected chi connectivity index (χ2v) is 4.85. The Morgan fingerprint density at radius 1 is 1.42 bits per heavy atom. The highest BCUT2D eigenvalue weighted by molar-refractivity contribution is 7.99. The Kier molecular flexibility index (Phi) is 4.87. The lowest BCUT2D eigenvalue weighted by Crippen LogP contribution is -2.03. The fraction of sp³-hybridized carbons (Fsp3) is 0.286. The van der Waals surface area contributed by atoms with Crippen LogP contribution in [-0.2, 0) is 13.0 Å². The lowest BCUT2D eigenvalue weighted by atomic mass is 10.1. The summed E-state index contributed by atoms with van der Waals surface area (Å²) in [7, 11) is 1.68. The first-order valence-electron chi connectivity index (χ1n) is 5.98. The van der Waals surface area contributed by atoms with E-state index in [-0.39, 0.29) is 0 Å². The second-order valence-electron chi connectivity index (χ2n) is 3.91. The molecule has 0 aliphatic rings. The number of aryl methyl sites for hydroxylation is 2. The van der Waals surface area contributed by atoms with Gasteiger partial charge in [-0.2, -0.15) is 5.26 Å². The lowest BCUT2D eigenvalue weighted by molar-refractivity contribution is 0.408. The van der Waals surface area contributed by atoms with Gasteiger partial charge in [-0.15, -0.1) is 0 Å². The number of benzene rings is 1. The van der Waals surface area contributed by atoms with Crippen LogP contribution in [-0.4, -0.2) is 22.4 Å². The van der Waals surface area contributed by atoms with Crippen LogP contribution in [0.5, 0.6) is 5.75 Å². The van der Waals surface area contributed by atoms with E-state index in [1.165, 1.54) is 17.3 Å². The quantitative estimate of drug-likeness (QED) is 0.759. The van der Waals surface area contributed by atoms with Crippen LogP contribution in [0.1, 0.15) is 5.56 Å². The predicted molar refractivity (Wildman–Crippen MR) is 75.3 cm³/mol. The van der Waals surface area contributed by atoms with E-state index in [1.807, 2.05) is 24.4 Å². The molecule has 0 saturated heterocycles. The van der Waals surface area contributed by atoms with Crippen molar-refractivity contribution in [2.75, 3.05) is 12.9 Å². The molecule has 0 atom stereocenters. The number of thioether (sulfide) groups is 1. The third-order valence-corrected chi connectivity index (χ3v) is 3.63. The fourth-order valence-electron chi connectivity index (χ4n) is 1.85. The molecule has 19 heavy (non-hydrogen) atoms. The van der Waals surface area contributed by atoms with Crippen molar-refractivity contribution in [3.63, 3.8) is 0 Å². The Labute approximate surface area is 117 Å². The highest BCUT2D eigenvalue weighted by Crippen LogP contribution is 2.20. The molecule has 0 aliphatic carbocycles. The van der Waals surface area contributed by atoms with Gasteiger partial charge in [0.25, 0.3) is 0 Å². The molecular weight excluding hydrogens is 258 g/mol. The summed E-state index contributed by atoms with van der Waals surface area (Å²) in [6, 6.07) is 10.1. The van der Waals surface area contributed by atoms with Crippen LogP contribution in [0.4, 0.5) is 0 Å². The van der Waals surface area contributed by atoms with Gasteiger partial charge in [0.1, 0.15) is 5.75 Å². The fourth-order valence-corrected chi connectivity index (χ4v) is 2.50.